The highest BCUT2D eigenvalue weighted by atomic mass is 16.4. The van der Waals surface area contributed by atoms with Gasteiger partial charge in [-0.3, -0.25) is 4.79 Å². The largest absolute Gasteiger partial charge is 0.478 e. The minimum Gasteiger partial charge on any atom is -0.478 e. The number of hydrogen-bond acceptors (Lipinski definition) is 3. The second-order valence-corrected chi connectivity index (χ2v) is 3.54. The highest BCUT2D eigenvalue weighted by molar-refractivity contribution is 5.93. The molecule has 3 N–H and O–H groups in total. The van der Waals surface area contributed by atoms with E-state index in [-0.39, 0.29) is 5.91 Å². The minimum atomic E-state index is -1.11. The van der Waals surface area contributed by atoms with E-state index in [1.165, 1.54) is 12.8 Å². The molecule has 84 valence electrons. The van der Waals surface area contributed by atoms with Crippen molar-refractivity contribution in [3.63, 3.8) is 0 Å². The van der Waals surface area contributed by atoms with Crippen molar-refractivity contribution in [1.29, 1.82) is 0 Å². The summed E-state index contributed by atoms with van der Waals surface area (Å²) in [6, 6.07) is 0.688. The molecule has 5 heteroatoms. The molecule has 0 bridgehead atoms. The molecule has 1 fully saturated rings. The van der Waals surface area contributed by atoms with Crippen LogP contribution in [-0.4, -0.2) is 36.1 Å². The summed E-state index contributed by atoms with van der Waals surface area (Å²) in [6.07, 6.45) is 5.24. The van der Waals surface area contributed by atoms with E-state index >= 15 is 0 Å². The highest BCUT2D eigenvalue weighted by Crippen LogP contribution is 2.18. The Bertz CT molecular complexity index is 259. The van der Waals surface area contributed by atoms with Crippen LogP contribution in [-0.2, 0) is 9.59 Å². The fourth-order valence-corrected chi connectivity index (χ4v) is 1.10. The summed E-state index contributed by atoms with van der Waals surface area (Å²) in [5.74, 6) is -1.47. The van der Waals surface area contributed by atoms with Gasteiger partial charge in [-0.25, -0.2) is 4.79 Å². The molecule has 0 radical (unpaired) electrons. The van der Waals surface area contributed by atoms with Crippen molar-refractivity contribution in [2.75, 3.05) is 13.1 Å². The van der Waals surface area contributed by atoms with Crippen LogP contribution in [0.3, 0.4) is 0 Å². The van der Waals surface area contributed by atoms with E-state index in [0.717, 1.165) is 25.1 Å². The fourth-order valence-electron chi connectivity index (χ4n) is 1.10. The molecule has 0 unspecified atom stereocenters. The molecule has 5 nitrogen and oxygen atoms in total. The molecular formula is C10H16N2O3. The van der Waals surface area contributed by atoms with E-state index in [1.807, 2.05) is 0 Å². The third-order valence-electron chi connectivity index (χ3n) is 2.04. The molecule has 0 saturated heterocycles. The predicted octanol–water partition coefficient (Wildman–Crippen LogP) is -0.115. The standard InChI is InChI=1S/C10H16N2O3/c13-9(4-5-10(14)15)12-7-1-6-11-8-2-3-8/h4-5,8,11H,1-3,6-7H2,(H,12,13)(H,14,15)/b5-4+. The second-order valence-electron chi connectivity index (χ2n) is 3.54. The first-order chi connectivity index (χ1) is 7.18. The van der Waals surface area contributed by atoms with Crippen LogP contribution in [0.25, 0.3) is 0 Å². The maximum absolute atomic E-state index is 11.0. The number of amides is 1. The Hall–Kier alpha value is -1.36. The van der Waals surface area contributed by atoms with Crippen LogP contribution in [0, 0.1) is 0 Å². The predicted molar refractivity (Wildman–Crippen MR) is 55.4 cm³/mol. The van der Waals surface area contributed by atoms with Crippen molar-refractivity contribution in [1.82, 2.24) is 10.6 Å². The van der Waals surface area contributed by atoms with Gasteiger partial charge in [0.05, 0.1) is 0 Å². The first-order valence-electron chi connectivity index (χ1n) is 5.10. The third kappa shape index (κ3) is 6.68. The van der Waals surface area contributed by atoms with Crippen LogP contribution in [0.15, 0.2) is 12.2 Å². The molecule has 0 aromatic carbocycles. The lowest BCUT2D eigenvalue weighted by Crippen LogP contribution is -2.26. The van der Waals surface area contributed by atoms with E-state index in [1.54, 1.807) is 0 Å². The molecule has 1 saturated carbocycles. The smallest absolute Gasteiger partial charge is 0.328 e. The Balaban J connectivity index is 1.93. The van der Waals surface area contributed by atoms with Gasteiger partial charge in [0.1, 0.15) is 0 Å². The second kappa shape index (κ2) is 6.19. The van der Waals surface area contributed by atoms with E-state index in [2.05, 4.69) is 10.6 Å². The molecule has 0 aliphatic heterocycles. The van der Waals surface area contributed by atoms with Crippen molar-refractivity contribution in [3.05, 3.63) is 12.2 Å². The number of carbonyl (C=O) groups is 2. The number of carbonyl (C=O) groups excluding carboxylic acids is 1. The first kappa shape index (κ1) is 11.7. The molecule has 0 spiro atoms. The van der Waals surface area contributed by atoms with Crippen molar-refractivity contribution in [2.24, 2.45) is 0 Å². The lowest BCUT2D eigenvalue weighted by Gasteiger charge is -2.03. The van der Waals surface area contributed by atoms with E-state index in [0.29, 0.717) is 12.6 Å². The molecule has 0 aromatic heterocycles. The molecule has 1 aliphatic carbocycles. The fraction of sp³-hybridized carbons (Fsp3) is 0.600. The molecule has 1 rings (SSSR count). The average molecular weight is 212 g/mol. The molecule has 0 heterocycles. The summed E-state index contributed by atoms with van der Waals surface area (Å²) in [5.41, 5.74) is 0. The van der Waals surface area contributed by atoms with E-state index < -0.39 is 5.97 Å². The summed E-state index contributed by atoms with van der Waals surface area (Å²) in [4.78, 5) is 21.1. The van der Waals surface area contributed by atoms with Gasteiger partial charge in [-0.1, -0.05) is 0 Å². The van der Waals surface area contributed by atoms with Crippen LogP contribution in [0.1, 0.15) is 19.3 Å². The average Bonchev–Trinajstić information content (AvgIpc) is 2.98. The van der Waals surface area contributed by atoms with Gasteiger partial charge in [0.25, 0.3) is 0 Å². The van der Waals surface area contributed by atoms with Crippen LogP contribution in [0.5, 0.6) is 0 Å². The Labute approximate surface area is 88.5 Å². The van der Waals surface area contributed by atoms with Gasteiger partial charge in [-0.2, -0.15) is 0 Å². The number of nitrogens with one attached hydrogen (secondary N) is 2. The van der Waals surface area contributed by atoms with Gasteiger partial charge in [0.15, 0.2) is 0 Å². The summed E-state index contributed by atoms with van der Waals surface area (Å²) < 4.78 is 0. The number of hydrogen-bond donors (Lipinski definition) is 3. The zero-order valence-corrected chi connectivity index (χ0v) is 8.53. The van der Waals surface area contributed by atoms with E-state index in [9.17, 15) is 9.59 Å². The summed E-state index contributed by atoms with van der Waals surface area (Å²) in [7, 11) is 0. The van der Waals surface area contributed by atoms with E-state index in [4.69, 9.17) is 5.11 Å². The number of rotatable bonds is 7. The SMILES string of the molecule is O=C(O)/C=C/C(=O)NCCCNC1CC1. The van der Waals surface area contributed by atoms with Crippen LogP contribution >= 0.6 is 0 Å². The van der Waals surface area contributed by atoms with Crippen LogP contribution < -0.4 is 10.6 Å². The summed E-state index contributed by atoms with van der Waals surface area (Å²) in [5, 5.41) is 14.2. The quantitative estimate of drug-likeness (QED) is 0.406. The number of aliphatic carboxylic acids is 1. The maximum atomic E-state index is 11.0. The normalized spacial score (nSPS) is 15.5. The molecule has 0 aromatic rings. The summed E-state index contributed by atoms with van der Waals surface area (Å²) >= 11 is 0. The van der Waals surface area contributed by atoms with Gasteiger partial charge in [0.2, 0.25) is 5.91 Å². The Kier molecular flexibility index (Phi) is 4.83. The van der Waals surface area contributed by atoms with Gasteiger partial charge in [-0.15, -0.1) is 0 Å². The maximum Gasteiger partial charge on any atom is 0.328 e. The number of carboxylic acids is 1. The van der Waals surface area contributed by atoms with Crippen molar-refractivity contribution < 1.29 is 14.7 Å². The molecular weight excluding hydrogens is 196 g/mol. The van der Waals surface area contributed by atoms with Gasteiger partial charge in [-0.05, 0) is 25.8 Å². The molecule has 1 amide bonds. The van der Waals surface area contributed by atoms with Gasteiger partial charge >= 0.3 is 5.97 Å². The topological polar surface area (TPSA) is 78.4 Å². The molecule has 0 atom stereocenters. The zero-order chi connectivity index (χ0) is 11.1. The molecule has 1 aliphatic rings. The van der Waals surface area contributed by atoms with Crippen molar-refractivity contribution in [3.8, 4) is 0 Å². The minimum absolute atomic E-state index is 0.358. The monoisotopic (exact) mass is 212 g/mol. The Morgan fingerprint density at radius 3 is 2.60 bits per heavy atom. The van der Waals surface area contributed by atoms with Gasteiger partial charge < -0.3 is 15.7 Å². The van der Waals surface area contributed by atoms with Crippen molar-refractivity contribution >= 4 is 11.9 Å². The first-order valence-corrected chi connectivity index (χ1v) is 5.10. The van der Waals surface area contributed by atoms with Crippen LogP contribution in [0.4, 0.5) is 0 Å². The van der Waals surface area contributed by atoms with Gasteiger partial charge in [0, 0.05) is 24.7 Å². The number of carboxylic acid groups (broad SMARTS) is 1. The summed E-state index contributed by atoms with van der Waals surface area (Å²) in [6.45, 7) is 1.47. The Morgan fingerprint density at radius 2 is 2.00 bits per heavy atom. The third-order valence-corrected chi connectivity index (χ3v) is 2.04. The van der Waals surface area contributed by atoms with Crippen LogP contribution in [0.2, 0.25) is 0 Å². The Morgan fingerprint density at radius 1 is 1.27 bits per heavy atom. The lowest BCUT2D eigenvalue weighted by atomic mass is 10.4. The highest BCUT2D eigenvalue weighted by Gasteiger charge is 2.19. The lowest BCUT2D eigenvalue weighted by molar-refractivity contribution is -0.131. The zero-order valence-electron chi connectivity index (χ0n) is 8.53. The van der Waals surface area contributed by atoms with Crippen molar-refractivity contribution in [2.45, 2.75) is 25.3 Å². The molecule has 15 heavy (non-hydrogen) atoms.